The van der Waals surface area contributed by atoms with Gasteiger partial charge in [-0.3, -0.25) is 0 Å². The lowest BCUT2D eigenvalue weighted by Crippen LogP contribution is -1.84. The Morgan fingerprint density at radius 3 is 3.09 bits per heavy atom. The van der Waals surface area contributed by atoms with E-state index in [9.17, 15) is 0 Å². The molecule has 2 heterocycles. The molecule has 4 nitrogen and oxygen atoms in total. The van der Waals surface area contributed by atoms with Crippen molar-refractivity contribution < 1.29 is 4.52 Å². The SMILES string of the molecule is Nc1noc2nccc(Cl)c12. The first-order chi connectivity index (χ1) is 5.29. The number of nitrogens with two attached hydrogens (primary N) is 1. The lowest BCUT2D eigenvalue weighted by Gasteiger charge is -1.88. The summed E-state index contributed by atoms with van der Waals surface area (Å²) in [5, 5.41) is 4.60. The van der Waals surface area contributed by atoms with Crippen LogP contribution in [0.1, 0.15) is 0 Å². The van der Waals surface area contributed by atoms with Crippen LogP contribution in [0.5, 0.6) is 0 Å². The highest BCUT2D eigenvalue weighted by molar-refractivity contribution is 6.35. The van der Waals surface area contributed by atoms with E-state index in [0.717, 1.165) is 0 Å². The van der Waals surface area contributed by atoms with Crippen LogP contribution in [-0.4, -0.2) is 10.1 Å². The first kappa shape index (κ1) is 6.42. The van der Waals surface area contributed by atoms with Gasteiger partial charge >= 0.3 is 0 Å². The third kappa shape index (κ3) is 0.832. The topological polar surface area (TPSA) is 64.9 Å². The maximum atomic E-state index is 5.78. The van der Waals surface area contributed by atoms with Gasteiger partial charge in [0.05, 0.1) is 5.02 Å². The molecule has 0 spiro atoms. The van der Waals surface area contributed by atoms with Crippen molar-refractivity contribution in [3.63, 3.8) is 0 Å². The average molecular weight is 170 g/mol. The van der Waals surface area contributed by atoms with Crippen molar-refractivity contribution in [2.24, 2.45) is 0 Å². The molecule has 0 atom stereocenters. The first-order valence-electron chi connectivity index (χ1n) is 2.94. The zero-order valence-corrected chi connectivity index (χ0v) is 6.17. The van der Waals surface area contributed by atoms with E-state index in [4.69, 9.17) is 21.9 Å². The maximum absolute atomic E-state index is 5.78. The molecule has 0 saturated heterocycles. The first-order valence-corrected chi connectivity index (χ1v) is 3.32. The smallest absolute Gasteiger partial charge is 0.261 e. The van der Waals surface area contributed by atoms with Gasteiger partial charge in [-0.1, -0.05) is 16.8 Å². The number of aromatic nitrogens is 2. The Balaban J connectivity index is 2.96. The van der Waals surface area contributed by atoms with Crippen molar-refractivity contribution in [1.29, 1.82) is 0 Å². The van der Waals surface area contributed by atoms with Crippen LogP contribution in [0.3, 0.4) is 0 Å². The van der Waals surface area contributed by atoms with Gasteiger partial charge in [0.2, 0.25) is 0 Å². The van der Waals surface area contributed by atoms with Gasteiger partial charge in [0, 0.05) is 6.20 Å². The highest BCUT2D eigenvalue weighted by atomic mass is 35.5. The lowest BCUT2D eigenvalue weighted by molar-refractivity contribution is 0.452. The Hall–Kier alpha value is -1.29. The summed E-state index contributed by atoms with van der Waals surface area (Å²) >= 11 is 5.78. The fourth-order valence-corrected chi connectivity index (χ4v) is 1.09. The third-order valence-electron chi connectivity index (χ3n) is 1.35. The molecule has 0 amide bonds. The van der Waals surface area contributed by atoms with Gasteiger partial charge in [0.15, 0.2) is 5.82 Å². The van der Waals surface area contributed by atoms with E-state index in [1.54, 1.807) is 6.07 Å². The molecular formula is C6H4ClN3O. The zero-order chi connectivity index (χ0) is 7.84. The summed E-state index contributed by atoms with van der Waals surface area (Å²) in [4.78, 5) is 3.87. The minimum atomic E-state index is 0.276. The Kier molecular flexibility index (Phi) is 1.22. The normalized spacial score (nSPS) is 10.6. The summed E-state index contributed by atoms with van der Waals surface area (Å²) in [7, 11) is 0. The van der Waals surface area contributed by atoms with Crippen LogP contribution in [0.25, 0.3) is 11.1 Å². The summed E-state index contributed by atoms with van der Waals surface area (Å²) in [6.07, 6.45) is 1.54. The molecule has 0 aliphatic rings. The molecule has 0 unspecified atom stereocenters. The quantitative estimate of drug-likeness (QED) is 0.649. The Bertz CT molecular complexity index is 398. The number of halogens is 1. The van der Waals surface area contributed by atoms with Crippen molar-refractivity contribution in [1.82, 2.24) is 10.1 Å². The number of rotatable bonds is 0. The molecule has 0 bridgehead atoms. The number of nitrogens with zero attached hydrogens (tertiary/aromatic N) is 2. The Labute approximate surface area is 66.9 Å². The van der Waals surface area contributed by atoms with Gasteiger partial charge in [-0.25, -0.2) is 4.98 Å². The fourth-order valence-electron chi connectivity index (χ4n) is 0.860. The number of pyridine rings is 1. The van der Waals surface area contributed by atoms with Crippen molar-refractivity contribution in [2.75, 3.05) is 5.73 Å². The lowest BCUT2D eigenvalue weighted by atomic mass is 10.3. The van der Waals surface area contributed by atoms with Gasteiger partial charge in [-0.2, -0.15) is 0 Å². The predicted molar refractivity (Wildman–Crippen MR) is 41.2 cm³/mol. The maximum Gasteiger partial charge on any atom is 0.261 e. The molecule has 0 aliphatic heterocycles. The largest absolute Gasteiger partial charge is 0.380 e. The second-order valence-corrected chi connectivity index (χ2v) is 2.45. The van der Waals surface area contributed by atoms with E-state index in [0.29, 0.717) is 16.1 Å². The van der Waals surface area contributed by atoms with E-state index < -0.39 is 0 Å². The number of fused-ring (bicyclic) bond motifs is 1. The van der Waals surface area contributed by atoms with Gasteiger partial charge in [0.1, 0.15) is 5.39 Å². The van der Waals surface area contributed by atoms with Gasteiger partial charge < -0.3 is 10.3 Å². The van der Waals surface area contributed by atoms with E-state index >= 15 is 0 Å². The molecule has 0 aromatic carbocycles. The summed E-state index contributed by atoms with van der Waals surface area (Å²) in [5.41, 5.74) is 5.82. The standard InChI is InChI=1S/C6H4ClN3O/c7-3-1-2-9-6-4(3)5(8)10-11-6/h1-2H,(H2,8,10). The molecular weight excluding hydrogens is 166 g/mol. The molecule has 0 saturated carbocycles. The average Bonchev–Trinajstić information content (AvgIpc) is 2.34. The molecule has 0 fully saturated rings. The second kappa shape index (κ2) is 2.10. The summed E-state index contributed by atoms with van der Waals surface area (Å²) < 4.78 is 4.76. The highest BCUT2D eigenvalue weighted by Gasteiger charge is 2.08. The van der Waals surface area contributed by atoms with E-state index in [2.05, 4.69) is 10.1 Å². The van der Waals surface area contributed by atoms with Crippen LogP contribution in [0, 0.1) is 0 Å². The van der Waals surface area contributed by atoms with Crippen LogP contribution in [0.15, 0.2) is 16.8 Å². The molecule has 11 heavy (non-hydrogen) atoms. The summed E-state index contributed by atoms with van der Waals surface area (Å²) in [6, 6.07) is 1.64. The molecule has 2 aromatic heterocycles. The molecule has 0 radical (unpaired) electrons. The number of anilines is 1. The van der Waals surface area contributed by atoms with Gasteiger partial charge in [-0.15, -0.1) is 0 Å². The fraction of sp³-hybridized carbons (Fsp3) is 0. The van der Waals surface area contributed by atoms with Crippen LogP contribution in [0.4, 0.5) is 5.82 Å². The molecule has 2 aromatic rings. The van der Waals surface area contributed by atoms with Crippen LogP contribution < -0.4 is 5.73 Å². The Morgan fingerprint density at radius 1 is 1.55 bits per heavy atom. The van der Waals surface area contributed by atoms with Crippen molar-refractivity contribution in [3.8, 4) is 0 Å². The third-order valence-corrected chi connectivity index (χ3v) is 1.67. The van der Waals surface area contributed by atoms with Gasteiger partial charge in [0.25, 0.3) is 5.71 Å². The molecule has 2 N–H and O–H groups in total. The van der Waals surface area contributed by atoms with Crippen LogP contribution in [0.2, 0.25) is 5.02 Å². The summed E-state index contributed by atoms with van der Waals surface area (Å²) in [6.45, 7) is 0. The van der Waals surface area contributed by atoms with E-state index in [-0.39, 0.29) is 5.82 Å². The molecule has 56 valence electrons. The van der Waals surface area contributed by atoms with E-state index in [1.807, 2.05) is 0 Å². The number of hydrogen-bond acceptors (Lipinski definition) is 4. The van der Waals surface area contributed by atoms with Crippen LogP contribution >= 0.6 is 11.6 Å². The minimum Gasteiger partial charge on any atom is -0.380 e. The minimum absolute atomic E-state index is 0.276. The predicted octanol–water partition coefficient (Wildman–Crippen LogP) is 1.46. The number of nitrogen functional groups attached to an aromatic ring is 1. The summed E-state index contributed by atoms with van der Waals surface area (Å²) in [5.74, 6) is 0.276. The molecule has 5 heteroatoms. The van der Waals surface area contributed by atoms with Gasteiger partial charge in [-0.05, 0) is 6.07 Å². The monoisotopic (exact) mass is 169 g/mol. The van der Waals surface area contributed by atoms with Crippen molar-refractivity contribution >= 4 is 28.5 Å². The van der Waals surface area contributed by atoms with Crippen molar-refractivity contribution in [3.05, 3.63) is 17.3 Å². The highest BCUT2D eigenvalue weighted by Crippen LogP contribution is 2.25. The molecule has 0 aliphatic carbocycles. The van der Waals surface area contributed by atoms with Crippen LogP contribution in [-0.2, 0) is 0 Å². The zero-order valence-electron chi connectivity index (χ0n) is 5.41. The van der Waals surface area contributed by atoms with Crippen molar-refractivity contribution in [2.45, 2.75) is 0 Å². The second-order valence-electron chi connectivity index (χ2n) is 2.04. The van der Waals surface area contributed by atoms with E-state index in [1.165, 1.54) is 6.20 Å². The number of hydrogen-bond donors (Lipinski definition) is 1. The molecule has 2 rings (SSSR count). The Morgan fingerprint density at radius 2 is 2.36 bits per heavy atom.